The third-order valence-corrected chi connectivity index (χ3v) is 4.92. The van der Waals surface area contributed by atoms with Crippen molar-refractivity contribution in [3.63, 3.8) is 0 Å². The Bertz CT molecular complexity index is 735. The van der Waals surface area contributed by atoms with E-state index in [9.17, 15) is 4.79 Å². The topological polar surface area (TPSA) is 34.0 Å². The quantitative estimate of drug-likeness (QED) is 0.879. The molecule has 1 N–H and O–H groups in total. The van der Waals surface area contributed by atoms with Crippen molar-refractivity contribution in [1.82, 2.24) is 9.88 Å². The molecule has 21 heavy (non-hydrogen) atoms. The minimum Gasteiger partial charge on any atom is -0.316 e. The van der Waals surface area contributed by atoms with Gasteiger partial charge in [-0.3, -0.25) is 4.79 Å². The molecule has 4 rings (SSSR count). The second-order valence-corrected chi connectivity index (χ2v) is 6.49. The van der Waals surface area contributed by atoms with Crippen LogP contribution >= 0.6 is 11.6 Å². The molecule has 2 atom stereocenters. The summed E-state index contributed by atoms with van der Waals surface area (Å²) in [6, 6.07) is 11.6. The van der Waals surface area contributed by atoms with Gasteiger partial charge < -0.3 is 9.88 Å². The molecule has 0 saturated carbocycles. The number of nitrogens with one attached hydrogen (secondary N) is 1. The Morgan fingerprint density at radius 2 is 1.90 bits per heavy atom. The van der Waals surface area contributed by atoms with Crippen molar-refractivity contribution in [2.45, 2.75) is 18.9 Å². The number of nitrogens with zero attached hydrogens (tertiary/aromatic N) is 1. The van der Waals surface area contributed by atoms with Gasteiger partial charge in [0.2, 0.25) is 0 Å². The molecule has 2 aliphatic heterocycles. The number of pyridine rings is 1. The first kappa shape index (κ1) is 13.1. The molecule has 3 heterocycles. The molecule has 2 bridgehead atoms. The van der Waals surface area contributed by atoms with Crippen LogP contribution in [0.3, 0.4) is 0 Å². The Kier molecular flexibility index (Phi) is 3.12. The zero-order valence-corrected chi connectivity index (χ0v) is 12.4. The molecule has 3 nitrogen and oxygen atoms in total. The van der Waals surface area contributed by atoms with E-state index in [1.807, 2.05) is 34.9 Å². The minimum atomic E-state index is 0.131. The summed E-state index contributed by atoms with van der Waals surface area (Å²) in [7, 11) is 0. The molecular formula is C17H17ClN2O. The van der Waals surface area contributed by atoms with Crippen molar-refractivity contribution in [2.24, 2.45) is 5.92 Å². The van der Waals surface area contributed by atoms with Gasteiger partial charge in [-0.25, -0.2) is 0 Å². The van der Waals surface area contributed by atoms with Crippen LogP contribution in [-0.4, -0.2) is 17.7 Å². The van der Waals surface area contributed by atoms with E-state index in [4.69, 9.17) is 11.6 Å². The number of halogens is 1. The van der Waals surface area contributed by atoms with Crippen LogP contribution in [0.2, 0.25) is 5.02 Å². The fourth-order valence-electron chi connectivity index (χ4n) is 3.64. The van der Waals surface area contributed by atoms with E-state index in [1.165, 1.54) is 12.1 Å². The molecular weight excluding hydrogens is 284 g/mol. The molecule has 0 spiro atoms. The van der Waals surface area contributed by atoms with Crippen molar-refractivity contribution in [3.05, 3.63) is 57.5 Å². The zero-order chi connectivity index (χ0) is 14.4. The lowest BCUT2D eigenvalue weighted by molar-refractivity contribution is 0.257. The smallest absolute Gasteiger partial charge is 0.258 e. The number of hydrogen-bond donors (Lipinski definition) is 1. The summed E-state index contributed by atoms with van der Waals surface area (Å²) in [5.41, 5.74) is 3.02. The second kappa shape index (κ2) is 5.00. The Hall–Kier alpha value is -1.58. The molecule has 1 aromatic carbocycles. The van der Waals surface area contributed by atoms with Crippen molar-refractivity contribution in [3.8, 4) is 11.1 Å². The van der Waals surface area contributed by atoms with Crippen LogP contribution in [0.1, 0.15) is 18.0 Å². The minimum absolute atomic E-state index is 0.131. The van der Waals surface area contributed by atoms with E-state index in [2.05, 4.69) is 11.4 Å². The van der Waals surface area contributed by atoms with Crippen LogP contribution in [0.15, 0.2) is 41.2 Å². The van der Waals surface area contributed by atoms with Gasteiger partial charge in [-0.1, -0.05) is 23.7 Å². The van der Waals surface area contributed by atoms with Gasteiger partial charge in [-0.2, -0.15) is 0 Å². The Morgan fingerprint density at radius 1 is 1.10 bits per heavy atom. The molecule has 1 saturated heterocycles. The van der Waals surface area contributed by atoms with Gasteiger partial charge in [0.1, 0.15) is 0 Å². The molecule has 0 radical (unpaired) electrons. The largest absolute Gasteiger partial charge is 0.316 e. The van der Waals surface area contributed by atoms with Gasteiger partial charge >= 0.3 is 0 Å². The van der Waals surface area contributed by atoms with Crippen LogP contribution in [0.25, 0.3) is 11.1 Å². The van der Waals surface area contributed by atoms with E-state index < -0.39 is 0 Å². The predicted octanol–water partition coefficient (Wildman–Crippen LogP) is 2.88. The molecule has 2 unspecified atom stereocenters. The van der Waals surface area contributed by atoms with E-state index in [1.54, 1.807) is 0 Å². The molecule has 4 heteroatoms. The lowest BCUT2D eigenvalue weighted by Gasteiger charge is -2.37. The number of rotatable bonds is 1. The average Bonchev–Trinajstić information content (AvgIpc) is 2.50. The Morgan fingerprint density at radius 3 is 2.71 bits per heavy atom. The molecule has 1 fully saturated rings. The first-order chi connectivity index (χ1) is 10.2. The van der Waals surface area contributed by atoms with Gasteiger partial charge in [-0.05, 0) is 48.7 Å². The van der Waals surface area contributed by atoms with Crippen LogP contribution in [-0.2, 0) is 6.54 Å². The zero-order valence-electron chi connectivity index (χ0n) is 11.7. The van der Waals surface area contributed by atoms with E-state index >= 15 is 0 Å². The number of benzene rings is 1. The molecule has 0 aliphatic carbocycles. The first-order valence-corrected chi connectivity index (χ1v) is 7.80. The Balaban J connectivity index is 1.83. The van der Waals surface area contributed by atoms with Crippen LogP contribution in [0.5, 0.6) is 0 Å². The summed E-state index contributed by atoms with van der Waals surface area (Å²) in [6.45, 7) is 2.84. The van der Waals surface area contributed by atoms with Crippen molar-refractivity contribution in [2.75, 3.05) is 13.1 Å². The van der Waals surface area contributed by atoms with Crippen LogP contribution in [0.4, 0.5) is 0 Å². The summed E-state index contributed by atoms with van der Waals surface area (Å²) < 4.78 is 1.99. The fourth-order valence-corrected chi connectivity index (χ4v) is 3.77. The van der Waals surface area contributed by atoms with Crippen molar-refractivity contribution in [1.29, 1.82) is 0 Å². The molecule has 2 aromatic rings. The normalized spacial score (nSPS) is 23.7. The number of hydrogen-bond acceptors (Lipinski definition) is 2. The summed E-state index contributed by atoms with van der Waals surface area (Å²) in [4.78, 5) is 12.8. The maximum Gasteiger partial charge on any atom is 0.258 e. The third-order valence-electron chi connectivity index (χ3n) is 4.66. The number of fused-ring (bicyclic) bond motifs is 4. The number of aromatic nitrogens is 1. The molecule has 108 valence electrons. The monoisotopic (exact) mass is 300 g/mol. The highest BCUT2D eigenvalue weighted by Gasteiger charge is 2.31. The molecule has 1 aromatic heterocycles. The predicted molar refractivity (Wildman–Crippen MR) is 84.9 cm³/mol. The maximum absolute atomic E-state index is 12.8. The summed E-state index contributed by atoms with van der Waals surface area (Å²) >= 11 is 5.93. The Labute approximate surface area is 128 Å². The molecule has 0 amide bonds. The summed E-state index contributed by atoms with van der Waals surface area (Å²) in [5, 5.41) is 4.16. The van der Waals surface area contributed by atoms with Gasteiger partial charge in [-0.15, -0.1) is 0 Å². The van der Waals surface area contributed by atoms with Gasteiger partial charge in [0, 0.05) is 35.3 Å². The van der Waals surface area contributed by atoms with Crippen molar-refractivity contribution < 1.29 is 0 Å². The van der Waals surface area contributed by atoms with E-state index in [0.29, 0.717) is 16.9 Å². The SMILES string of the molecule is O=c1c(-c2ccc(Cl)cc2)ccc2n1CC1CNCC2C1. The standard InChI is InChI=1S/C17H17ClN2O/c18-14-3-1-12(2-4-14)15-5-6-16-13-7-11(8-19-9-13)10-20(16)17(15)21/h1-6,11,13,19H,7-10H2. The lowest BCUT2D eigenvalue weighted by Crippen LogP contribution is -2.45. The van der Waals surface area contributed by atoms with Gasteiger partial charge in [0.05, 0.1) is 0 Å². The highest BCUT2D eigenvalue weighted by atomic mass is 35.5. The summed E-state index contributed by atoms with van der Waals surface area (Å²) in [5.74, 6) is 1.05. The van der Waals surface area contributed by atoms with E-state index in [-0.39, 0.29) is 5.56 Å². The maximum atomic E-state index is 12.8. The lowest BCUT2D eigenvalue weighted by atomic mass is 9.84. The van der Waals surface area contributed by atoms with E-state index in [0.717, 1.165) is 30.8 Å². The highest BCUT2D eigenvalue weighted by molar-refractivity contribution is 6.30. The van der Waals surface area contributed by atoms with Crippen LogP contribution in [0, 0.1) is 5.92 Å². The summed E-state index contributed by atoms with van der Waals surface area (Å²) in [6.07, 6.45) is 1.20. The second-order valence-electron chi connectivity index (χ2n) is 6.05. The molecule has 2 aliphatic rings. The van der Waals surface area contributed by atoms with Gasteiger partial charge in [0.25, 0.3) is 5.56 Å². The average molecular weight is 301 g/mol. The fraction of sp³-hybridized carbons (Fsp3) is 0.353. The highest BCUT2D eigenvalue weighted by Crippen LogP contribution is 2.32. The van der Waals surface area contributed by atoms with Gasteiger partial charge in [0.15, 0.2) is 0 Å². The third kappa shape index (κ3) is 2.21. The first-order valence-electron chi connectivity index (χ1n) is 7.43. The number of piperidine rings is 1. The van der Waals surface area contributed by atoms with Crippen LogP contribution < -0.4 is 10.9 Å². The van der Waals surface area contributed by atoms with Crippen molar-refractivity contribution >= 4 is 11.6 Å².